The van der Waals surface area contributed by atoms with Gasteiger partial charge in [0, 0.05) is 12.6 Å². The van der Waals surface area contributed by atoms with Crippen molar-refractivity contribution in [3.63, 3.8) is 0 Å². The summed E-state index contributed by atoms with van der Waals surface area (Å²) in [5.74, 6) is 0. The van der Waals surface area contributed by atoms with Gasteiger partial charge < -0.3 is 5.32 Å². The summed E-state index contributed by atoms with van der Waals surface area (Å²) in [5.41, 5.74) is -1.14. The number of sulfonamides is 1. The zero-order valence-corrected chi connectivity index (χ0v) is 11.4. The molecule has 112 valence electrons. The van der Waals surface area contributed by atoms with E-state index >= 15 is 0 Å². The second-order valence-corrected chi connectivity index (χ2v) is 6.34. The predicted octanol–water partition coefficient (Wildman–Crippen LogP) is 1.74. The quantitative estimate of drug-likeness (QED) is 0.894. The highest BCUT2D eigenvalue weighted by atomic mass is 32.2. The van der Waals surface area contributed by atoms with Gasteiger partial charge in [0.05, 0.1) is 10.5 Å². The molecular formula is C12H15F3N2O2S. The minimum atomic E-state index is -4.70. The van der Waals surface area contributed by atoms with Crippen molar-refractivity contribution in [3.8, 4) is 0 Å². The number of halogens is 3. The SMILES string of the molecule is O=S(=O)(N[C@@H]1CCCNC1)c1ccccc1C(F)(F)F. The van der Waals surface area contributed by atoms with E-state index in [9.17, 15) is 21.6 Å². The van der Waals surface area contributed by atoms with Crippen molar-refractivity contribution < 1.29 is 21.6 Å². The van der Waals surface area contributed by atoms with Gasteiger partial charge in [0.25, 0.3) is 0 Å². The third-order valence-corrected chi connectivity index (χ3v) is 4.68. The lowest BCUT2D eigenvalue weighted by Gasteiger charge is -2.24. The van der Waals surface area contributed by atoms with Crippen LogP contribution in [0.5, 0.6) is 0 Å². The zero-order valence-electron chi connectivity index (χ0n) is 10.6. The van der Waals surface area contributed by atoms with Gasteiger partial charge in [-0.15, -0.1) is 0 Å². The fourth-order valence-electron chi connectivity index (χ4n) is 2.17. The van der Waals surface area contributed by atoms with Gasteiger partial charge in [0.1, 0.15) is 0 Å². The van der Waals surface area contributed by atoms with Crippen molar-refractivity contribution in [2.24, 2.45) is 0 Å². The number of benzene rings is 1. The number of hydrogen-bond donors (Lipinski definition) is 2. The Morgan fingerprint density at radius 3 is 2.55 bits per heavy atom. The third-order valence-electron chi connectivity index (χ3n) is 3.10. The summed E-state index contributed by atoms with van der Waals surface area (Å²) in [4.78, 5) is -0.724. The first-order valence-corrected chi connectivity index (χ1v) is 7.68. The molecule has 2 N–H and O–H groups in total. The van der Waals surface area contributed by atoms with E-state index in [4.69, 9.17) is 0 Å². The van der Waals surface area contributed by atoms with Crippen molar-refractivity contribution in [3.05, 3.63) is 29.8 Å². The first kappa shape index (κ1) is 15.3. The highest BCUT2D eigenvalue weighted by molar-refractivity contribution is 7.89. The van der Waals surface area contributed by atoms with Gasteiger partial charge in [0.15, 0.2) is 0 Å². The first-order valence-electron chi connectivity index (χ1n) is 6.20. The van der Waals surface area contributed by atoms with Crippen molar-refractivity contribution in [1.29, 1.82) is 0 Å². The number of piperidine rings is 1. The molecule has 0 amide bonds. The van der Waals surface area contributed by atoms with Gasteiger partial charge in [0.2, 0.25) is 10.0 Å². The zero-order chi connectivity index (χ0) is 14.8. The van der Waals surface area contributed by atoms with Crippen LogP contribution in [0.1, 0.15) is 18.4 Å². The van der Waals surface area contributed by atoms with Gasteiger partial charge >= 0.3 is 6.18 Å². The molecule has 0 radical (unpaired) electrons. The fourth-order valence-corrected chi connectivity index (χ4v) is 3.67. The van der Waals surface area contributed by atoms with Gasteiger partial charge in [-0.1, -0.05) is 12.1 Å². The molecule has 4 nitrogen and oxygen atoms in total. The average molecular weight is 308 g/mol. The maximum Gasteiger partial charge on any atom is 0.417 e. The van der Waals surface area contributed by atoms with E-state index in [-0.39, 0.29) is 6.04 Å². The Morgan fingerprint density at radius 1 is 1.25 bits per heavy atom. The van der Waals surface area contributed by atoms with Crippen LogP contribution in [-0.4, -0.2) is 27.5 Å². The predicted molar refractivity (Wildman–Crippen MR) is 67.7 cm³/mol. The lowest BCUT2D eigenvalue weighted by atomic mass is 10.1. The van der Waals surface area contributed by atoms with E-state index in [1.165, 1.54) is 12.1 Å². The first-order chi connectivity index (χ1) is 9.31. The molecule has 1 fully saturated rings. The molecule has 1 saturated heterocycles. The number of rotatable bonds is 3. The smallest absolute Gasteiger partial charge is 0.315 e. The molecule has 2 rings (SSSR count). The molecular weight excluding hydrogens is 293 g/mol. The van der Waals surface area contributed by atoms with Crippen LogP contribution in [0.2, 0.25) is 0 Å². The van der Waals surface area contributed by atoms with Crippen LogP contribution >= 0.6 is 0 Å². The molecule has 1 heterocycles. The van der Waals surface area contributed by atoms with Gasteiger partial charge in [-0.2, -0.15) is 13.2 Å². The summed E-state index contributed by atoms with van der Waals surface area (Å²) in [6.07, 6.45) is -3.30. The summed E-state index contributed by atoms with van der Waals surface area (Å²) < 4.78 is 65.1. The van der Waals surface area contributed by atoms with Crippen LogP contribution in [0, 0.1) is 0 Å². The maximum absolute atomic E-state index is 12.9. The summed E-state index contributed by atoms with van der Waals surface area (Å²) >= 11 is 0. The Kier molecular flexibility index (Phi) is 4.36. The van der Waals surface area contributed by atoms with Crippen LogP contribution in [0.4, 0.5) is 13.2 Å². The molecule has 1 aromatic rings. The van der Waals surface area contributed by atoms with E-state index in [0.29, 0.717) is 13.0 Å². The summed E-state index contributed by atoms with van der Waals surface area (Å²) in [7, 11) is -4.18. The lowest BCUT2D eigenvalue weighted by molar-refractivity contribution is -0.139. The molecule has 8 heteroatoms. The molecule has 0 saturated carbocycles. The van der Waals surface area contributed by atoms with Crippen molar-refractivity contribution in [1.82, 2.24) is 10.0 Å². The van der Waals surface area contributed by atoms with E-state index in [1.54, 1.807) is 0 Å². The third kappa shape index (κ3) is 3.50. The Labute approximate surface area is 115 Å². The molecule has 1 aliphatic heterocycles. The second-order valence-electron chi connectivity index (χ2n) is 4.66. The van der Waals surface area contributed by atoms with Gasteiger partial charge in [-0.3, -0.25) is 0 Å². The van der Waals surface area contributed by atoms with Crippen LogP contribution in [0.3, 0.4) is 0 Å². The molecule has 20 heavy (non-hydrogen) atoms. The molecule has 0 aromatic heterocycles. The standard InChI is InChI=1S/C12H15F3N2O2S/c13-12(14,15)10-5-1-2-6-11(10)20(18,19)17-9-4-3-7-16-8-9/h1-2,5-6,9,16-17H,3-4,7-8H2/t9-/m1/s1. The van der Waals surface area contributed by atoms with Gasteiger partial charge in [-0.25, -0.2) is 13.1 Å². The van der Waals surface area contributed by atoms with E-state index in [2.05, 4.69) is 10.0 Å². The van der Waals surface area contributed by atoms with Crippen molar-refractivity contribution in [2.75, 3.05) is 13.1 Å². The normalized spacial score (nSPS) is 20.9. The Bertz CT molecular complexity index is 566. The van der Waals surface area contributed by atoms with Crippen molar-refractivity contribution >= 4 is 10.0 Å². The minimum Gasteiger partial charge on any atom is -0.315 e. The highest BCUT2D eigenvalue weighted by Crippen LogP contribution is 2.33. The Hall–Kier alpha value is -1.12. The van der Waals surface area contributed by atoms with Crippen LogP contribution in [0.15, 0.2) is 29.2 Å². The van der Waals surface area contributed by atoms with Crippen LogP contribution in [0.25, 0.3) is 0 Å². The topological polar surface area (TPSA) is 58.2 Å². The number of hydrogen-bond acceptors (Lipinski definition) is 3. The van der Waals surface area contributed by atoms with E-state index in [0.717, 1.165) is 25.1 Å². The molecule has 1 aromatic carbocycles. The number of nitrogens with one attached hydrogen (secondary N) is 2. The van der Waals surface area contributed by atoms with Gasteiger partial charge in [-0.05, 0) is 31.5 Å². The second kappa shape index (κ2) is 5.71. The molecule has 0 spiro atoms. The van der Waals surface area contributed by atoms with Crippen LogP contribution < -0.4 is 10.0 Å². The summed E-state index contributed by atoms with van der Waals surface area (Å²) in [6, 6.07) is 3.82. The monoisotopic (exact) mass is 308 g/mol. The fraction of sp³-hybridized carbons (Fsp3) is 0.500. The summed E-state index contributed by atoms with van der Waals surface area (Å²) in [6.45, 7) is 1.21. The van der Waals surface area contributed by atoms with E-state index < -0.39 is 26.7 Å². The Balaban J connectivity index is 2.29. The highest BCUT2D eigenvalue weighted by Gasteiger charge is 2.37. The number of alkyl halides is 3. The summed E-state index contributed by atoms with van der Waals surface area (Å²) in [5, 5.41) is 3.00. The van der Waals surface area contributed by atoms with E-state index in [1.807, 2.05) is 0 Å². The molecule has 1 atom stereocenters. The maximum atomic E-state index is 12.9. The average Bonchev–Trinajstić information content (AvgIpc) is 2.38. The Morgan fingerprint density at radius 2 is 1.95 bits per heavy atom. The largest absolute Gasteiger partial charge is 0.417 e. The lowest BCUT2D eigenvalue weighted by Crippen LogP contribution is -2.45. The van der Waals surface area contributed by atoms with Crippen molar-refractivity contribution in [2.45, 2.75) is 30.0 Å². The van der Waals surface area contributed by atoms with Crippen LogP contribution in [-0.2, 0) is 16.2 Å². The minimum absolute atomic E-state index is 0.380. The molecule has 1 aliphatic rings. The molecule has 0 unspecified atom stereocenters. The molecule has 0 aliphatic carbocycles. The molecule has 0 bridgehead atoms.